The summed E-state index contributed by atoms with van der Waals surface area (Å²) in [5.74, 6) is 0.0507. The van der Waals surface area contributed by atoms with Crippen LogP contribution in [0.2, 0.25) is 5.02 Å². The van der Waals surface area contributed by atoms with Crippen molar-refractivity contribution in [2.45, 2.75) is 52.6 Å². The molecule has 0 aliphatic heterocycles. The summed E-state index contributed by atoms with van der Waals surface area (Å²) in [5, 5.41) is 0.508. The molecule has 22 heavy (non-hydrogen) atoms. The number of esters is 2. The highest BCUT2D eigenvalue weighted by atomic mass is 35.5. The smallest absolute Gasteiger partial charge is 0.311 e. The van der Waals surface area contributed by atoms with Crippen LogP contribution in [0.25, 0.3) is 0 Å². The van der Waals surface area contributed by atoms with Gasteiger partial charge in [0, 0.05) is 17.9 Å². The van der Waals surface area contributed by atoms with Gasteiger partial charge in [0.15, 0.2) is 0 Å². The molecule has 0 saturated heterocycles. The van der Waals surface area contributed by atoms with E-state index < -0.39 is 0 Å². The monoisotopic (exact) mass is 326 g/mol. The second-order valence-electron chi connectivity index (χ2n) is 5.47. The third kappa shape index (κ3) is 6.94. The first-order chi connectivity index (χ1) is 10.4. The van der Waals surface area contributed by atoms with E-state index in [1.165, 1.54) is 0 Å². The lowest BCUT2D eigenvalue weighted by Gasteiger charge is -2.19. The lowest BCUT2D eigenvalue weighted by atomic mass is 10.1. The molecule has 0 spiro atoms. The fourth-order valence-corrected chi connectivity index (χ4v) is 2.19. The Hall–Kier alpha value is -1.55. The number of carbonyl (C=O) groups is 2. The van der Waals surface area contributed by atoms with E-state index in [2.05, 4.69) is 0 Å². The van der Waals surface area contributed by atoms with Gasteiger partial charge in [-0.1, -0.05) is 38.4 Å². The van der Waals surface area contributed by atoms with Crippen molar-refractivity contribution in [2.24, 2.45) is 5.92 Å². The zero-order valence-corrected chi connectivity index (χ0v) is 14.1. The van der Waals surface area contributed by atoms with E-state index in [0.717, 1.165) is 6.42 Å². The molecule has 1 rings (SSSR count). The third-order valence-electron chi connectivity index (χ3n) is 3.22. The quantitative estimate of drug-likeness (QED) is 0.525. The van der Waals surface area contributed by atoms with Gasteiger partial charge in [-0.2, -0.15) is 0 Å². The average Bonchev–Trinajstić information content (AvgIpc) is 2.44. The van der Waals surface area contributed by atoms with E-state index in [9.17, 15) is 9.59 Å². The Kier molecular flexibility index (Phi) is 7.96. The predicted molar refractivity (Wildman–Crippen MR) is 85.9 cm³/mol. The average molecular weight is 327 g/mol. The maximum Gasteiger partial charge on any atom is 0.311 e. The molecule has 0 amide bonds. The van der Waals surface area contributed by atoms with Gasteiger partial charge in [-0.15, -0.1) is 0 Å². The standard InChI is InChI=1S/C17H23ClO4/c1-4-15(12(2)3)22-17(20)10-6-9-16(19)21-14-8-5-7-13(18)11-14/h5,7-8,11-12,15H,4,6,9-10H2,1-3H3. The number of benzene rings is 1. The van der Waals surface area contributed by atoms with Crippen LogP contribution in [0.4, 0.5) is 0 Å². The summed E-state index contributed by atoms with van der Waals surface area (Å²) < 4.78 is 10.5. The van der Waals surface area contributed by atoms with E-state index in [1.807, 2.05) is 20.8 Å². The van der Waals surface area contributed by atoms with Crippen LogP contribution in [0.3, 0.4) is 0 Å². The molecule has 0 radical (unpaired) electrons. The predicted octanol–water partition coefficient (Wildman–Crippen LogP) is 4.39. The van der Waals surface area contributed by atoms with Gasteiger partial charge in [0.25, 0.3) is 0 Å². The topological polar surface area (TPSA) is 52.6 Å². The number of halogens is 1. The number of hydrogen-bond donors (Lipinski definition) is 0. The largest absolute Gasteiger partial charge is 0.462 e. The van der Waals surface area contributed by atoms with Gasteiger partial charge in [-0.25, -0.2) is 0 Å². The third-order valence-corrected chi connectivity index (χ3v) is 3.45. The van der Waals surface area contributed by atoms with Crippen LogP contribution >= 0.6 is 11.6 Å². The second kappa shape index (κ2) is 9.46. The van der Waals surface area contributed by atoms with Crippen LogP contribution in [-0.2, 0) is 14.3 Å². The van der Waals surface area contributed by atoms with Crippen molar-refractivity contribution in [1.82, 2.24) is 0 Å². The Morgan fingerprint density at radius 3 is 2.45 bits per heavy atom. The summed E-state index contributed by atoms with van der Waals surface area (Å²) in [6, 6.07) is 6.64. The molecule has 0 bridgehead atoms. The van der Waals surface area contributed by atoms with Crippen molar-refractivity contribution in [3.05, 3.63) is 29.3 Å². The first-order valence-corrected chi connectivity index (χ1v) is 7.96. The number of hydrogen-bond acceptors (Lipinski definition) is 4. The summed E-state index contributed by atoms with van der Waals surface area (Å²) in [4.78, 5) is 23.4. The molecule has 5 heteroatoms. The van der Waals surface area contributed by atoms with Crippen molar-refractivity contribution >= 4 is 23.5 Å². The highest BCUT2D eigenvalue weighted by molar-refractivity contribution is 6.30. The van der Waals surface area contributed by atoms with Crippen LogP contribution in [0.5, 0.6) is 5.75 Å². The molecule has 0 heterocycles. The molecule has 4 nitrogen and oxygen atoms in total. The van der Waals surface area contributed by atoms with E-state index >= 15 is 0 Å². The summed E-state index contributed by atoms with van der Waals surface area (Å²) in [5.41, 5.74) is 0. The SMILES string of the molecule is CCC(OC(=O)CCCC(=O)Oc1cccc(Cl)c1)C(C)C. The first kappa shape index (κ1) is 18.5. The van der Waals surface area contributed by atoms with Crippen LogP contribution in [0.1, 0.15) is 46.5 Å². The number of rotatable bonds is 8. The zero-order valence-electron chi connectivity index (χ0n) is 13.3. The Morgan fingerprint density at radius 1 is 1.18 bits per heavy atom. The molecule has 0 saturated carbocycles. The Morgan fingerprint density at radius 2 is 1.86 bits per heavy atom. The van der Waals surface area contributed by atoms with Gasteiger partial charge in [-0.05, 0) is 37.0 Å². The van der Waals surface area contributed by atoms with Crippen LogP contribution in [0, 0.1) is 5.92 Å². The summed E-state index contributed by atoms with van der Waals surface area (Å²) in [6.07, 6.45) is 1.52. The lowest BCUT2D eigenvalue weighted by Crippen LogP contribution is -2.22. The maximum atomic E-state index is 11.7. The Labute approximate surface area is 136 Å². The zero-order chi connectivity index (χ0) is 16.5. The highest BCUT2D eigenvalue weighted by Gasteiger charge is 2.16. The van der Waals surface area contributed by atoms with Crippen LogP contribution in [-0.4, -0.2) is 18.0 Å². The fraction of sp³-hybridized carbons (Fsp3) is 0.529. The minimum absolute atomic E-state index is 0.0640. The Balaban J connectivity index is 2.28. The van der Waals surface area contributed by atoms with Crippen molar-refractivity contribution in [1.29, 1.82) is 0 Å². The van der Waals surface area contributed by atoms with E-state index in [1.54, 1.807) is 24.3 Å². The molecule has 1 unspecified atom stereocenters. The normalized spacial score (nSPS) is 12.0. The second-order valence-corrected chi connectivity index (χ2v) is 5.90. The molecule has 122 valence electrons. The first-order valence-electron chi connectivity index (χ1n) is 7.58. The summed E-state index contributed by atoms with van der Waals surface area (Å²) >= 11 is 5.81. The molecule has 1 aromatic carbocycles. The van der Waals surface area contributed by atoms with Crippen LogP contribution in [0.15, 0.2) is 24.3 Å². The minimum atomic E-state index is -0.383. The molecule has 0 fully saturated rings. The Bertz CT molecular complexity index is 499. The van der Waals surface area contributed by atoms with Crippen molar-refractivity contribution in [3.8, 4) is 5.75 Å². The number of carbonyl (C=O) groups excluding carboxylic acids is 2. The van der Waals surface area contributed by atoms with Gasteiger partial charge in [0.05, 0.1) is 0 Å². The van der Waals surface area contributed by atoms with E-state index in [0.29, 0.717) is 23.1 Å². The minimum Gasteiger partial charge on any atom is -0.462 e. The molecule has 1 atom stereocenters. The summed E-state index contributed by atoms with van der Waals surface area (Å²) in [6.45, 7) is 6.02. The molecular formula is C17H23ClO4. The van der Waals surface area contributed by atoms with E-state index in [-0.39, 0.29) is 30.9 Å². The van der Waals surface area contributed by atoms with Gasteiger partial charge in [0.2, 0.25) is 0 Å². The fourth-order valence-electron chi connectivity index (χ4n) is 2.01. The van der Waals surface area contributed by atoms with E-state index in [4.69, 9.17) is 21.1 Å². The lowest BCUT2D eigenvalue weighted by molar-refractivity contribution is -0.151. The van der Waals surface area contributed by atoms with Gasteiger partial charge in [0.1, 0.15) is 11.9 Å². The molecule has 0 aliphatic carbocycles. The maximum absolute atomic E-state index is 11.7. The van der Waals surface area contributed by atoms with Crippen molar-refractivity contribution in [2.75, 3.05) is 0 Å². The molecule has 0 aromatic heterocycles. The van der Waals surface area contributed by atoms with Crippen molar-refractivity contribution in [3.63, 3.8) is 0 Å². The van der Waals surface area contributed by atoms with Gasteiger partial charge in [-0.3, -0.25) is 9.59 Å². The molecule has 0 aliphatic rings. The number of ether oxygens (including phenoxy) is 2. The molecule has 1 aromatic rings. The molecular weight excluding hydrogens is 304 g/mol. The highest BCUT2D eigenvalue weighted by Crippen LogP contribution is 2.18. The summed E-state index contributed by atoms with van der Waals surface area (Å²) in [7, 11) is 0. The van der Waals surface area contributed by atoms with Gasteiger partial charge >= 0.3 is 11.9 Å². The van der Waals surface area contributed by atoms with Gasteiger partial charge < -0.3 is 9.47 Å². The van der Waals surface area contributed by atoms with Crippen LogP contribution < -0.4 is 4.74 Å². The molecule has 0 N–H and O–H groups in total. The van der Waals surface area contributed by atoms with Crippen molar-refractivity contribution < 1.29 is 19.1 Å².